The van der Waals surface area contributed by atoms with Crippen LogP contribution in [0.3, 0.4) is 0 Å². The molecule has 0 spiro atoms. The summed E-state index contributed by atoms with van der Waals surface area (Å²) < 4.78 is 42.0. The van der Waals surface area contributed by atoms with Crippen LogP contribution in [-0.4, -0.2) is 11.1 Å². The first kappa shape index (κ1) is 16.3. The summed E-state index contributed by atoms with van der Waals surface area (Å²) in [5.41, 5.74) is 0.0389. The van der Waals surface area contributed by atoms with E-state index in [2.05, 4.69) is 15.9 Å². The molecular weight excluding hydrogens is 389 g/mol. The number of alkyl halides is 4. The summed E-state index contributed by atoms with van der Waals surface area (Å²) in [6.07, 6.45) is -4.56. The highest BCUT2D eigenvalue weighted by molar-refractivity contribution is 9.09. The number of pyridine rings is 1. The average molecular weight is 400 g/mol. The molecule has 0 amide bonds. The molecule has 1 aliphatic heterocycles. The maximum atomic E-state index is 13.4. The molecule has 2 heterocycles. The molecule has 0 aliphatic carbocycles. The number of hydrogen-bond acceptors (Lipinski definition) is 2. The fourth-order valence-corrected chi connectivity index (χ4v) is 4.78. The summed E-state index contributed by atoms with van der Waals surface area (Å²) in [6.45, 7) is 0. The van der Waals surface area contributed by atoms with E-state index < -0.39 is 11.7 Å². The van der Waals surface area contributed by atoms with Gasteiger partial charge in [-0.1, -0.05) is 34.1 Å². The minimum Gasteiger partial charge on any atom is -0.192 e. The van der Waals surface area contributed by atoms with Gasteiger partial charge in [-0.2, -0.15) is 23.0 Å². The van der Waals surface area contributed by atoms with Gasteiger partial charge in [0.15, 0.2) is 6.04 Å². The van der Waals surface area contributed by atoms with E-state index in [9.17, 15) is 18.4 Å². The number of benzene rings is 1. The van der Waals surface area contributed by atoms with Gasteiger partial charge in [0.2, 0.25) is 5.69 Å². The minimum atomic E-state index is -4.56. The Morgan fingerprint density at radius 3 is 2.57 bits per heavy atom. The number of nitrogens with zero attached hydrogens (tertiary/aromatic N) is 2. The van der Waals surface area contributed by atoms with Gasteiger partial charge in [-0.05, 0) is 23.9 Å². The summed E-state index contributed by atoms with van der Waals surface area (Å²) in [4.78, 5) is 0. The average Bonchev–Trinajstić information content (AvgIpc) is 2.97. The zero-order valence-electron chi connectivity index (χ0n) is 11.8. The molecule has 1 atom stereocenters. The third-order valence-corrected chi connectivity index (χ3v) is 5.66. The Bertz CT molecular complexity index is 785. The molecule has 2 nitrogen and oxygen atoms in total. The fraction of sp³-hybridized carbons (Fsp3) is 0.250. The Balaban J connectivity index is 2.36. The number of aromatic nitrogens is 1. The van der Waals surface area contributed by atoms with Crippen molar-refractivity contribution >= 4 is 27.7 Å². The summed E-state index contributed by atoms with van der Waals surface area (Å²) in [5.74, 6) is 0.640. The van der Waals surface area contributed by atoms with Crippen molar-refractivity contribution in [3.8, 4) is 17.3 Å². The first-order valence-electron chi connectivity index (χ1n) is 6.81. The van der Waals surface area contributed by atoms with E-state index in [-0.39, 0.29) is 11.6 Å². The van der Waals surface area contributed by atoms with Crippen LogP contribution in [0.25, 0.3) is 11.3 Å². The van der Waals surface area contributed by atoms with Crippen LogP contribution in [0, 0.1) is 11.3 Å². The van der Waals surface area contributed by atoms with Crippen molar-refractivity contribution in [3.63, 3.8) is 0 Å². The Labute approximate surface area is 144 Å². The van der Waals surface area contributed by atoms with Crippen molar-refractivity contribution in [3.05, 3.63) is 47.5 Å². The van der Waals surface area contributed by atoms with E-state index in [1.807, 2.05) is 10.6 Å². The smallest absolute Gasteiger partial charge is 0.192 e. The van der Waals surface area contributed by atoms with Gasteiger partial charge in [-0.3, -0.25) is 0 Å². The zero-order chi connectivity index (χ0) is 16.6. The molecule has 1 aliphatic rings. The molecule has 0 saturated carbocycles. The molecule has 1 aromatic carbocycles. The molecule has 0 saturated heterocycles. The molecule has 0 bridgehead atoms. The lowest BCUT2D eigenvalue weighted by Crippen LogP contribution is -2.43. The normalized spacial score (nSPS) is 16.9. The number of halogens is 4. The first-order chi connectivity index (χ1) is 11.0. The maximum absolute atomic E-state index is 13.4. The molecule has 2 aromatic rings. The van der Waals surface area contributed by atoms with Crippen molar-refractivity contribution in [2.24, 2.45) is 0 Å². The number of hydrogen-bond donors (Lipinski definition) is 0. The van der Waals surface area contributed by atoms with E-state index in [4.69, 9.17) is 0 Å². The van der Waals surface area contributed by atoms with Crippen molar-refractivity contribution in [1.29, 1.82) is 5.26 Å². The van der Waals surface area contributed by atoms with Crippen LogP contribution in [0.4, 0.5) is 13.2 Å². The number of thioether (sulfide) groups is 1. The molecule has 0 radical (unpaired) electrons. The summed E-state index contributed by atoms with van der Waals surface area (Å²) in [7, 11) is 0. The lowest BCUT2D eigenvalue weighted by molar-refractivity contribution is -0.733. The molecule has 23 heavy (non-hydrogen) atoms. The lowest BCUT2D eigenvalue weighted by atomic mass is 10.0. The fourth-order valence-electron chi connectivity index (χ4n) is 2.65. The van der Waals surface area contributed by atoms with E-state index in [0.717, 1.165) is 6.07 Å². The second-order valence-electron chi connectivity index (χ2n) is 5.09. The molecule has 0 unspecified atom stereocenters. The van der Waals surface area contributed by atoms with E-state index in [1.54, 1.807) is 30.3 Å². The van der Waals surface area contributed by atoms with Crippen molar-refractivity contribution < 1.29 is 17.7 Å². The summed E-state index contributed by atoms with van der Waals surface area (Å²) >= 11 is 4.72. The second-order valence-corrected chi connectivity index (χ2v) is 6.74. The monoisotopic (exact) mass is 399 g/mol. The van der Waals surface area contributed by atoms with Gasteiger partial charge in [-0.25, -0.2) is 0 Å². The molecule has 0 fully saturated rings. The highest BCUT2D eigenvalue weighted by Gasteiger charge is 2.44. The molecular formula is C16H11BrF3N2S+. The first-order valence-corrected chi connectivity index (χ1v) is 8.92. The highest BCUT2D eigenvalue weighted by atomic mass is 79.9. The quantitative estimate of drug-likeness (QED) is 0.546. The predicted molar refractivity (Wildman–Crippen MR) is 85.3 cm³/mol. The van der Waals surface area contributed by atoms with E-state index >= 15 is 0 Å². The van der Waals surface area contributed by atoms with Gasteiger partial charge in [0, 0.05) is 11.6 Å². The summed E-state index contributed by atoms with van der Waals surface area (Å²) in [6, 6.07) is 11.8. The van der Waals surface area contributed by atoms with Crippen LogP contribution >= 0.6 is 27.7 Å². The number of fused-ring (bicyclic) bond motifs is 1. The predicted octanol–water partition coefficient (Wildman–Crippen LogP) is 4.57. The molecule has 0 N–H and O–H groups in total. The zero-order valence-corrected chi connectivity index (χ0v) is 14.2. The van der Waals surface area contributed by atoms with Crippen LogP contribution in [0.15, 0.2) is 41.4 Å². The highest BCUT2D eigenvalue weighted by Crippen LogP contribution is 2.40. The van der Waals surface area contributed by atoms with Crippen molar-refractivity contribution in [1.82, 2.24) is 0 Å². The summed E-state index contributed by atoms with van der Waals surface area (Å²) in [5, 5.41) is 10.3. The van der Waals surface area contributed by atoms with E-state index in [0.29, 0.717) is 27.4 Å². The Morgan fingerprint density at radius 1 is 1.30 bits per heavy atom. The number of nitriles is 1. The Hall–Kier alpha value is -1.52. The molecule has 118 valence electrons. The van der Waals surface area contributed by atoms with Crippen LogP contribution in [-0.2, 0) is 6.18 Å². The van der Waals surface area contributed by atoms with E-state index in [1.165, 1.54) is 11.8 Å². The Morgan fingerprint density at radius 2 is 2.00 bits per heavy atom. The number of rotatable bonds is 2. The minimum absolute atomic E-state index is 0.0135. The van der Waals surface area contributed by atoms with Crippen LogP contribution in [0.1, 0.15) is 17.2 Å². The van der Waals surface area contributed by atoms with Gasteiger partial charge in [0.1, 0.15) is 11.6 Å². The van der Waals surface area contributed by atoms with Crippen molar-refractivity contribution in [2.45, 2.75) is 17.2 Å². The van der Waals surface area contributed by atoms with Gasteiger partial charge in [0.25, 0.3) is 5.03 Å². The van der Waals surface area contributed by atoms with Gasteiger partial charge in [-0.15, -0.1) is 0 Å². The van der Waals surface area contributed by atoms with Crippen LogP contribution < -0.4 is 4.57 Å². The lowest BCUT2D eigenvalue weighted by Gasteiger charge is -2.13. The van der Waals surface area contributed by atoms with Gasteiger partial charge < -0.3 is 0 Å². The topological polar surface area (TPSA) is 27.7 Å². The SMILES string of the molecule is N#Cc1c(C(F)(F)F)cc(-c2ccccc2)[n+]2c1SC[C@@H]2CBr. The molecule has 7 heteroatoms. The third kappa shape index (κ3) is 2.86. The van der Waals surface area contributed by atoms with Gasteiger partial charge >= 0.3 is 6.18 Å². The van der Waals surface area contributed by atoms with Crippen LogP contribution in [0.5, 0.6) is 0 Å². The van der Waals surface area contributed by atoms with Crippen molar-refractivity contribution in [2.75, 3.05) is 11.1 Å². The van der Waals surface area contributed by atoms with Crippen LogP contribution in [0.2, 0.25) is 0 Å². The maximum Gasteiger partial charge on any atom is 0.418 e. The largest absolute Gasteiger partial charge is 0.418 e. The standard InChI is InChI=1S/C16H11BrF3N2S/c17-7-11-9-23-15-12(8-21)13(16(18,19)20)6-14(22(11)15)10-4-2-1-3-5-10/h1-6,11H,7,9H2/q+1/t11-/m0/s1. The molecule has 1 aromatic heterocycles. The third-order valence-electron chi connectivity index (χ3n) is 3.69. The van der Waals surface area contributed by atoms with Gasteiger partial charge in [0.05, 0.1) is 16.6 Å². The second kappa shape index (κ2) is 6.17. The molecule has 3 rings (SSSR count). The Kier molecular flexibility index (Phi) is 4.39.